The van der Waals surface area contributed by atoms with Gasteiger partial charge < -0.3 is 11.1 Å². The molecule has 0 aliphatic carbocycles. The van der Waals surface area contributed by atoms with E-state index in [4.69, 9.17) is 17.3 Å². The fourth-order valence-corrected chi connectivity index (χ4v) is 2.45. The lowest BCUT2D eigenvalue weighted by molar-refractivity contribution is 0.616. The van der Waals surface area contributed by atoms with Crippen LogP contribution in [0.1, 0.15) is 17.2 Å². The van der Waals surface area contributed by atoms with Crippen molar-refractivity contribution in [1.29, 1.82) is 0 Å². The first-order valence-corrected chi connectivity index (χ1v) is 6.73. The predicted octanol–water partition coefficient (Wildman–Crippen LogP) is 3.53. The summed E-state index contributed by atoms with van der Waals surface area (Å²) in [7, 11) is 1.79. The molecule has 19 heavy (non-hydrogen) atoms. The van der Waals surface area contributed by atoms with Crippen molar-refractivity contribution >= 4 is 33.3 Å². The lowest BCUT2D eigenvalue weighted by Gasteiger charge is -2.19. The van der Waals surface area contributed by atoms with Crippen LogP contribution in [0.15, 0.2) is 34.9 Å². The summed E-state index contributed by atoms with van der Waals surface area (Å²) >= 11 is 9.12. The highest BCUT2D eigenvalue weighted by Crippen LogP contribution is 2.29. The third kappa shape index (κ3) is 3.05. The van der Waals surface area contributed by atoms with Gasteiger partial charge in [-0.3, -0.25) is 0 Å². The second-order valence-electron chi connectivity index (χ2n) is 4.02. The summed E-state index contributed by atoms with van der Waals surface area (Å²) < 4.78 is 13.7. The van der Waals surface area contributed by atoms with E-state index in [0.717, 1.165) is 11.1 Å². The summed E-state index contributed by atoms with van der Waals surface area (Å²) in [6, 6.07) is 6.35. The lowest BCUT2D eigenvalue weighted by Crippen LogP contribution is -2.19. The Morgan fingerprint density at radius 1 is 1.42 bits per heavy atom. The van der Waals surface area contributed by atoms with Crippen LogP contribution in [0.4, 0.5) is 10.2 Å². The fourth-order valence-electron chi connectivity index (χ4n) is 1.89. The number of nitrogens with zero attached hydrogens (tertiary/aromatic N) is 1. The third-order valence-corrected chi connectivity index (χ3v) is 3.61. The topological polar surface area (TPSA) is 50.9 Å². The standard InChI is InChI=1S/C13H12BrClFN3/c1-18-12(7-2-3-11(16)10(14)4-7)9-5-8(15)6-19-13(9)17/h2-6,12,18H,1H3,(H2,17,19). The zero-order valence-corrected chi connectivity index (χ0v) is 12.5. The van der Waals surface area contributed by atoms with Gasteiger partial charge in [0.1, 0.15) is 11.6 Å². The van der Waals surface area contributed by atoms with E-state index in [1.165, 1.54) is 12.3 Å². The van der Waals surface area contributed by atoms with Crippen molar-refractivity contribution in [2.24, 2.45) is 0 Å². The molecule has 1 heterocycles. The van der Waals surface area contributed by atoms with Gasteiger partial charge in [0.05, 0.1) is 15.5 Å². The number of hydrogen-bond donors (Lipinski definition) is 2. The van der Waals surface area contributed by atoms with Crippen LogP contribution in [0.3, 0.4) is 0 Å². The Morgan fingerprint density at radius 2 is 2.16 bits per heavy atom. The van der Waals surface area contributed by atoms with Gasteiger partial charge in [0.25, 0.3) is 0 Å². The van der Waals surface area contributed by atoms with E-state index in [0.29, 0.717) is 15.3 Å². The Balaban J connectivity index is 2.49. The minimum atomic E-state index is -0.309. The number of nitrogens with two attached hydrogens (primary N) is 1. The highest BCUT2D eigenvalue weighted by Gasteiger charge is 2.17. The van der Waals surface area contributed by atoms with E-state index >= 15 is 0 Å². The van der Waals surface area contributed by atoms with Crippen molar-refractivity contribution in [3.05, 3.63) is 56.9 Å². The second kappa shape index (κ2) is 5.86. The van der Waals surface area contributed by atoms with Crippen molar-refractivity contribution in [2.45, 2.75) is 6.04 Å². The number of anilines is 1. The van der Waals surface area contributed by atoms with Crippen LogP contribution in [-0.2, 0) is 0 Å². The molecule has 1 atom stereocenters. The Hall–Kier alpha value is -1.17. The van der Waals surface area contributed by atoms with Gasteiger partial charge in [-0.25, -0.2) is 9.37 Å². The van der Waals surface area contributed by atoms with Gasteiger partial charge in [-0.1, -0.05) is 17.7 Å². The molecule has 2 aromatic rings. The van der Waals surface area contributed by atoms with E-state index < -0.39 is 0 Å². The van der Waals surface area contributed by atoms with Crippen LogP contribution in [-0.4, -0.2) is 12.0 Å². The van der Waals surface area contributed by atoms with Gasteiger partial charge in [0, 0.05) is 11.8 Å². The van der Waals surface area contributed by atoms with E-state index in [-0.39, 0.29) is 11.9 Å². The maximum absolute atomic E-state index is 13.3. The number of pyridine rings is 1. The molecule has 0 saturated carbocycles. The first-order valence-electron chi connectivity index (χ1n) is 5.56. The maximum atomic E-state index is 13.3. The molecule has 3 N–H and O–H groups in total. The summed E-state index contributed by atoms with van der Waals surface area (Å²) in [6.45, 7) is 0. The molecule has 0 amide bonds. The van der Waals surface area contributed by atoms with Crippen molar-refractivity contribution < 1.29 is 4.39 Å². The lowest BCUT2D eigenvalue weighted by atomic mass is 9.99. The van der Waals surface area contributed by atoms with E-state index in [1.54, 1.807) is 25.2 Å². The number of benzene rings is 1. The number of hydrogen-bond acceptors (Lipinski definition) is 3. The summed E-state index contributed by atoms with van der Waals surface area (Å²) in [6.07, 6.45) is 1.49. The van der Waals surface area contributed by atoms with E-state index in [1.807, 2.05) is 0 Å². The predicted molar refractivity (Wildman–Crippen MR) is 78.7 cm³/mol. The maximum Gasteiger partial charge on any atom is 0.137 e. The molecule has 0 radical (unpaired) electrons. The summed E-state index contributed by atoms with van der Waals surface area (Å²) in [5.74, 6) is 0.0833. The van der Waals surface area contributed by atoms with Gasteiger partial charge in [-0.05, 0) is 46.7 Å². The molecule has 1 aromatic heterocycles. The molecule has 100 valence electrons. The number of nitrogens with one attached hydrogen (secondary N) is 1. The van der Waals surface area contributed by atoms with Crippen molar-refractivity contribution in [3.8, 4) is 0 Å². The van der Waals surface area contributed by atoms with Gasteiger partial charge in [-0.2, -0.15) is 0 Å². The molecule has 1 unspecified atom stereocenters. The SMILES string of the molecule is CNC(c1ccc(F)c(Br)c1)c1cc(Cl)cnc1N. The summed E-state index contributed by atoms with van der Waals surface area (Å²) in [4.78, 5) is 4.03. The Labute approximate surface area is 124 Å². The third-order valence-electron chi connectivity index (χ3n) is 2.79. The highest BCUT2D eigenvalue weighted by molar-refractivity contribution is 9.10. The van der Waals surface area contributed by atoms with Gasteiger partial charge >= 0.3 is 0 Å². The van der Waals surface area contributed by atoms with Crippen LogP contribution in [0.2, 0.25) is 5.02 Å². The Kier molecular flexibility index (Phi) is 4.39. The highest BCUT2D eigenvalue weighted by atomic mass is 79.9. The zero-order chi connectivity index (χ0) is 14.0. The summed E-state index contributed by atoms with van der Waals surface area (Å²) in [5, 5.41) is 3.63. The van der Waals surface area contributed by atoms with Crippen LogP contribution in [0, 0.1) is 5.82 Å². The molecule has 0 aliphatic rings. The monoisotopic (exact) mass is 343 g/mol. The average Bonchev–Trinajstić information content (AvgIpc) is 2.38. The normalized spacial score (nSPS) is 12.4. The van der Waals surface area contributed by atoms with Crippen molar-refractivity contribution in [1.82, 2.24) is 10.3 Å². The van der Waals surface area contributed by atoms with Crippen LogP contribution in [0.25, 0.3) is 0 Å². The van der Waals surface area contributed by atoms with Crippen molar-refractivity contribution in [2.75, 3.05) is 12.8 Å². The minimum Gasteiger partial charge on any atom is -0.383 e. The number of rotatable bonds is 3. The first-order chi connectivity index (χ1) is 9.02. The Bertz CT molecular complexity index is 606. The quantitative estimate of drug-likeness (QED) is 0.895. The first kappa shape index (κ1) is 14.2. The molecule has 0 aliphatic heterocycles. The Morgan fingerprint density at radius 3 is 2.79 bits per heavy atom. The van der Waals surface area contributed by atoms with Gasteiger partial charge in [0.2, 0.25) is 0 Å². The molecule has 6 heteroatoms. The molecule has 0 saturated heterocycles. The van der Waals surface area contributed by atoms with E-state index in [2.05, 4.69) is 26.2 Å². The molecular formula is C13H12BrClFN3. The molecule has 0 bridgehead atoms. The minimum absolute atomic E-state index is 0.205. The molecular weight excluding hydrogens is 333 g/mol. The van der Waals surface area contributed by atoms with Crippen LogP contribution >= 0.6 is 27.5 Å². The van der Waals surface area contributed by atoms with Crippen LogP contribution < -0.4 is 11.1 Å². The molecule has 2 rings (SSSR count). The smallest absolute Gasteiger partial charge is 0.137 e. The van der Waals surface area contributed by atoms with Gasteiger partial charge in [-0.15, -0.1) is 0 Å². The number of halogens is 3. The average molecular weight is 345 g/mol. The number of nitrogen functional groups attached to an aromatic ring is 1. The zero-order valence-electron chi connectivity index (χ0n) is 10.1. The van der Waals surface area contributed by atoms with Crippen molar-refractivity contribution in [3.63, 3.8) is 0 Å². The largest absolute Gasteiger partial charge is 0.383 e. The fraction of sp³-hybridized carbons (Fsp3) is 0.154. The summed E-state index contributed by atoms with van der Waals surface area (Å²) in [5.41, 5.74) is 7.50. The molecule has 0 spiro atoms. The number of aromatic nitrogens is 1. The van der Waals surface area contributed by atoms with Crippen LogP contribution in [0.5, 0.6) is 0 Å². The second-order valence-corrected chi connectivity index (χ2v) is 5.31. The molecule has 0 fully saturated rings. The molecule has 3 nitrogen and oxygen atoms in total. The molecule has 1 aromatic carbocycles. The van der Waals surface area contributed by atoms with Gasteiger partial charge in [0.15, 0.2) is 0 Å². The van der Waals surface area contributed by atoms with E-state index in [9.17, 15) is 4.39 Å².